The van der Waals surface area contributed by atoms with Crippen molar-refractivity contribution in [3.63, 3.8) is 0 Å². The Hall–Kier alpha value is -1.35. The van der Waals surface area contributed by atoms with Crippen molar-refractivity contribution in [2.75, 3.05) is 0 Å². The van der Waals surface area contributed by atoms with Gasteiger partial charge in [-0.1, -0.05) is 25.0 Å². The number of fused-ring (bicyclic) bond motifs is 2. The molecule has 3 nitrogen and oxygen atoms in total. The van der Waals surface area contributed by atoms with Gasteiger partial charge in [0.1, 0.15) is 5.82 Å². The summed E-state index contributed by atoms with van der Waals surface area (Å²) >= 11 is 0. The summed E-state index contributed by atoms with van der Waals surface area (Å²) in [5.41, 5.74) is 9.36. The fourth-order valence-electron chi connectivity index (χ4n) is 4.13. The number of para-hydroxylation sites is 1. The number of benzene rings is 1. The second kappa shape index (κ2) is 4.07. The SMILES string of the molecule is Cn1c(C2C3CCCCC32)nc2c(CN)cccc21. The Morgan fingerprint density at radius 1 is 1.26 bits per heavy atom. The van der Waals surface area contributed by atoms with Crippen molar-refractivity contribution in [3.8, 4) is 0 Å². The van der Waals surface area contributed by atoms with Gasteiger partial charge in [0.2, 0.25) is 0 Å². The number of rotatable bonds is 2. The summed E-state index contributed by atoms with van der Waals surface area (Å²) in [4.78, 5) is 4.95. The van der Waals surface area contributed by atoms with Gasteiger partial charge >= 0.3 is 0 Å². The van der Waals surface area contributed by atoms with Crippen LogP contribution in [0, 0.1) is 11.8 Å². The lowest BCUT2D eigenvalue weighted by atomic mass is 10.0. The highest BCUT2D eigenvalue weighted by Gasteiger charge is 2.53. The van der Waals surface area contributed by atoms with E-state index in [9.17, 15) is 0 Å². The van der Waals surface area contributed by atoms with Crippen LogP contribution < -0.4 is 5.73 Å². The van der Waals surface area contributed by atoms with Crippen molar-refractivity contribution in [1.82, 2.24) is 9.55 Å². The molecule has 1 aromatic heterocycles. The summed E-state index contributed by atoms with van der Waals surface area (Å²) in [6.45, 7) is 0.575. The van der Waals surface area contributed by atoms with E-state index in [1.54, 1.807) is 0 Å². The van der Waals surface area contributed by atoms with Gasteiger partial charge in [-0.3, -0.25) is 0 Å². The molecule has 4 rings (SSSR count). The third-order valence-electron chi connectivity index (χ3n) is 5.20. The van der Waals surface area contributed by atoms with Gasteiger partial charge in [0.15, 0.2) is 0 Å². The van der Waals surface area contributed by atoms with Crippen molar-refractivity contribution in [3.05, 3.63) is 29.6 Å². The van der Waals surface area contributed by atoms with Crippen LogP contribution in [0.15, 0.2) is 18.2 Å². The number of imidazole rings is 1. The summed E-state index contributed by atoms with van der Waals surface area (Å²) < 4.78 is 2.30. The van der Waals surface area contributed by atoms with Crippen LogP contribution in [-0.2, 0) is 13.6 Å². The van der Waals surface area contributed by atoms with Crippen LogP contribution in [-0.4, -0.2) is 9.55 Å². The van der Waals surface area contributed by atoms with E-state index in [4.69, 9.17) is 10.7 Å². The zero-order valence-corrected chi connectivity index (χ0v) is 11.5. The Kier molecular flexibility index (Phi) is 2.46. The minimum absolute atomic E-state index is 0.575. The van der Waals surface area contributed by atoms with E-state index in [1.807, 2.05) is 0 Å². The Balaban J connectivity index is 1.81. The largest absolute Gasteiger partial charge is 0.331 e. The van der Waals surface area contributed by atoms with E-state index in [1.165, 1.54) is 42.6 Å². The standard InChI is InChI=1S/C16H21N3/c1-19-13-8-4-5-10(9-17)15(13)18-16(19)14-11-6-2-3-7-12(11)14/h4-5,8,11-12,14H,2-3,6-7,9,17H2,1H3. The molecule has 2 fully saturated rings. The zero-order valence-electron chi connectivity index (χ0n) is 11.5. The molecule has 0 spiro atoms. The summed E-state index contributed by atoms with van der Waals surface area (Å²) in [6.07, 6.45) is 5.63. The van der Waals surface area contributed by atoms with Gasteiger partial charge in [-0.25, -0.2) is 4.98 Å². The highest BCUT2D eigenvalue weighted by molar-refractivity contribution is 5.80. The van der Waals surface area contributed by atoms with E-state index in [-0.39, 0.29) is 0 Å². The Labute approximate surface area is 113 Å². The van der Waals surface area contributed by atoms with Gasteiger partial charge < -0.3 is 10.3 Å². The lowest BCUT2D eigenvalue weighted by molar-refractivity contribution is 0.480. The van der Waals surface area contributed by atoms with Crippen molar-refractivity contribution in [1.29, 1.82) is 0 Å². The molecule has 0 amide bonds. The van der Waals surface area contributed by atoms with Crippen LogP contribution in [0.1, 0.15) is 43.0 Å². The van der Waals surface area contributed by atoms with Crippen LogP contribution in [0.3, 0.4) is 0 Å². The number of nitrogens with zero attached hydrogens (tertiary/aromatic N) is 2. The first kappa shape index (κ1) is 11.5. The molecule has 2 saturated carbocycles. The van der Waals surface area contributed by atoms with Crippen molar-refractivity contribution in [2.45, 2.75) is 38.1 Å². The molecule has 2 aromatic rings. The number of aromatic nitrogens is 2. The predicted molar refractivity (Wildman–Crippen MR) is 76.8 cm³/mol. The summed E-state index contributed by atoms with van der Waals surface area (Å²) in [6, 6.07) is 6.35. The van der Waals surface area contributed by atoms with E-state index in [0.717, 1.165) is 17.4 Å². The number of hydrogen-bond donors (Lipinski definition) is 1. The summed E-state index contributed by atoms with van der Waals surface area (Å²) in [5, 5.41) is 0. The van der Waals surface area contributed by atoms with Gasteiger partial charge in [-0.05, 0) is 36.3 Å². The predicted octanol–water partition coefficient (Wildman–Crippen LogP) is 2.94. The maximum Gasteiger partial charge on any atom is 0.113 e. The van der Waals surface area contributed by atoms with E-state index < -0.39 is 0 Å². The van der Waals surface area contributed by atoms with Gasteiger partial charge in [-0.15, -0.1) is 0 Å². The van der Waals surface area contributed by atoms with Crippen molar-refractivity contribution < 1.29 is 0 Å². The molecule has 2 unspecified atom stereocenters. The number of aryl methyl sites for hydroxylation is 1. The smallest absolute Gasteiger partial charge is 0.113 e. The molecule has 2 aliphatic rings. The molecule has 3 heteroatoms. The highest BCUT2D eigenvalue weighted by atomic mass is 15.1. The van der Waals surface area contributed by atoms with Crippen LogP contribution in [0.4, 0.5) is 0 Å². The molecule has 0 saturated heterocycles. The van der Waals surface area contributed by atoms with Crippen molar-refractivity contribution in [2.24, 2.45) is 24.6 Å². The van der Waals surface area contributed by atoms with E-state index in [2.05, 4.69) is 29.8 Å². The molecule has 1 aromatic carbocycles. The first-order chi connectivity index (χ1) is 9.31. The van der Waals surface area contributed by atoms with Gasteiger partial charge in [0.25, 0.3) is 0 Å². The molecular weight excluding hydrogens is 234 g/mol. The molecule has 0 radical (unpaired) electrons. The topological polar surface area (TPSA) is 43.8 Å². The average Bonchev–Trinajstić information content (AvgIpc) is 3.09. The zero-order chi connectivity index (χ0) is 13.0. The Morgan fingerprint density at radius 2 is 2.00 bits per heavy atom. The van der Waals surface area contributed by atoms with Gasteiger partial charge in [0, 0.05) is 19.5 Å². The molecule has 1 heterocycles. The maximum atomic E-state index is 5.83. The first-order valence-corrected chi connectivity index (χ1v) is 7.45. The quantitative estimate of drug-likeness (QED) is 0.896. The molecule has 100 valence electrons. The van der Waals surface area contributed by atoms with Crippen LogP contribution >= 0.6 is 0 Å². The lowest BCUT2D eigenvalue weighted by Gasteiger charge is -2.04. The van der Waals surface area contributed by atoms with Crippen LogP contribution in [0.5, 0.6) is 0 Å². The minimum atomic E-state index is 0.575. The maximum absolute atomic E-state index is 5.83. The van der Waals surface area contributed by atoms with Crippen molar-refractivity contribution >= 4 is 11.0 Å². The van der Waals surface area contributed by atoms with E-state index >= 15 is 0 Å². The average molecular weight is 255 g/mol. The molecule has 0 bridgehead atoms. The lowest BCUT2D eigenvalue weighted by Crippen LogP contribution is -1.97. The number of hydrogen-bond acceptors (Lipinski definition) is 2. The van der Waals surface area contributed by atoms with Gasteiger partial charge in [0.05, 0.1) is 11.0 Å². The fourth-order valence-corrected chi connectivity index (χ4v) is 4.13. The fraction of sp³-hybridized carbons (Fsp3) is 0.562. The molecular formula is C16H21N3. The Morgan fingerprint density at radius 3 is 2.68 bits per heavy atom. The third-order valence-corrected chi connectivity index (χ3v) is 5.20. The molecule has 2 atom stereocenters. The third kappa shape index (κ3) is 1.57. The van der Waals surface area contributed by atoms with Crippen LogP contribution in [0.25, 0.3) is 11.0 Å². The molecule has 2 N–H and O–H groups in total. The van der Waals surface area contributed by atoms with Gasteiger partial charge in [-0.2, -0.15) is 0 Å². The molecule has 2 aliphatic carbocycles. The molecule has 0 aliphatic heterocycles. The molecule has 19 heavy (non-hydrogen) atoms. The van der Waals surface area contributed by atoms with E-state index in [0.29, 0.717) is 12.5 Å². The Bertz CT molecular complexity index is 616. The highest BCUT2D eigenvalue weighted by Crippen LogP contribution is 2.61. The monoisotopic (exact) mass is 255 g/mol. The normalized spacial score (nSPS) is 29.5. The second-order valence-electron chi connectivity index (χ2n) is 6.16. The van der Waals surface area contributed by atoms with Crippen LogP contribution in [0.2, 0.25) is 0 Å². The number of nitrogens with two attached hydrogens (primary N) is 1. The first-order valence-electron chi connectivity index (χ1n) is 7.45. The minimum Gasteiger partial charge on any atom is -0.331 e. The summed E-state index contributed by atoms with van der Waals surface area (Å²) in [7, 11) is 2.16. The summed E-state index contributed by atoms with van der Waals surface area (Å²) in [5.74, 6) is 3.83. The second-order valence-corrected chi connectivity index (χ2v) is 6.16.